The van der Waals surface area contributed by atoms with E-state index in [2.05, 4.69) is 52.8 Å². The van der Waals surface area contributed by atoms with Gasteiger partial charge in [-0.2, -0.15) is 0 Å². The maximum Gasteiger partial charge on any atom is 0.250 e. The van der Waals surface area contributed by atoms with Crippen LogP contribution < -0.4 is 5.32 Å². The molecular formula is C28H23N3O2. The lowest BCUT2D eigenvalue weighted by molar-refractivity contribution is -0.125. The van der Waals surface area contributed by atoms with E-state index in [4.69, 9.17) is 0 Å². The van der Waals surface area contributed by atoms with Gasteiger partial charge in [-0.15, -0.1) is 0 Å². The van der Waals surface area contributed by atoms with E-state index in [-0.39, 0.29) is 11.8 Å². The molecule has 5 aromatic rings. The summed E-state index contributed by atoms with van der Waals surface area (Å²) in [6.45, 7) is 0. The van der Waals surface area contributed by atoms with Crippen molar-refractivity contribution < 1.29 is 9.59 Å². The highest BCUT2D eigenvalue weighted by atomic mass is 16.2. The van der Waals surface area contributed by atoms with Gasteiger partial charge in [0.1, 0.15) is 6.04 Å². The SMILES string of the molecule is O=C1NC(=O)C(n2ccc3ccccc32)C1c1c[nH]c2ccc(CCc3ccccc3)cc12. The number of fused-ring (bicyclic) bond motifs is 2. The zero-order valence-corrected chi connectivity index (χ0v) is 18.0. The number of H-pyrrole nitrogens is 1. The molecule has 2 unspecified atom stereocenters. The number of para-hydroxylation sites is 1. The Morgan fingerprint density at radius 3 is 2.45 bits per heavy atom. The minimum Gasteiger partial charge on any atom is -0.361 e. The van der Waals surface area contributed by atoms with Gasteiger partial charge in [-0.25, -0.2) is 0 Å². The number of carbonyl (C=O) groups is 2. The van der Waals surface area contributed by atoms with Crippen LogP contribution in [0.3, 0.4) is 0 Å². The Hall–Kier alpha value is -4.12. The van der Waals surface area contributed by atoms with E-state index < -0.39 is 12.0 Å². The number of carbonyl (C=O) groups excluding carboxylic acids is 2. The first-order valence-electron chi connectivity index (χ1n) is 11.2. The van der Waals surface area contributed by atoms with Crippen LogP contribution in [0.2, 0.25) is 0 Å². The molecule has 5 heteroatoms. The Labute approximate surface area is 191 Å². The summed E-state index contributed by atoms with van der Waals surface area (Å²) < 4.78 is 1.93. The first-order chi connectivity index (χ1) is 16.2. The molecular weight excluding hydrogens is 410 g/mol. The molecule has 1 fully saturated rings. The Morgan fingerprint density at radius 1 is 0.788 bits per heavy atom. The molecule has 2 atom stereocenters. The molecule has 0 spiro atoms. The molecule has 3 heterocycles. The number of hydrogen-bond acceptors (Lipinski definition) is 2. The standard InChI is InChI=1S/C28H23N3O2/c32-27-25(26(28(33)30-27)31-15-14-20-8-4-5-9-24(20)31)22-17-29-23-13-12-19(16-21(22)23)11-10-18-6-2-1-3-7-18/h1-9,12-17,25-26,29H,10-11H2,(H,30,32,33). The topological polar surface area (TPSA) is 66.9 Å². The molecule has 2 amide bonds. The Morgan fingerprint density at radius 2 is 1.58 bits per heavy atom. The van der Waals surface area contributed by atoms with Gasteiger partial charge in [0.15, 0.2) is 0 Å². The third-order valence-electron chi connectivity index (χ3n) is 6.70. The van der Waals surface area contributed by atoms with Crippen molar-refractivity contribution >= 4 is 33.6 Å². The van der Waals surface area contributed by atoms with Crippen LogP contribution in [0.5, 0.6) is 0 Å². The van der Waals surface area contributed by atoms with Gasteiger partial charge >= 0.3 is 0 Å². The van der Waals surface area contributed by atoms with Crippen LogP contribution in [-0.4, -0.2) is 21.4 Å². The van der Waals surface area contributed by atoms with Gasteiger partial charge in [-0.1, -0.05) is 54.6 Å². The van der Waals surface area contributed by atoms with Crippen LogP contribution in [-0.2, 0) is 22.4 Å². The van der Waals surface area contributed by atoms with Gasteiger partial charge in [0.25, 0.3) is 5.91 Å². The van der Waals surface area contributed by atoms with Crippen LogP contribution in [0.1, 0.15) is 28.7 Å². The number of rotatable bonds is 5. The van der Waals surface area contributed by atoms with E-state index in [1.54, 1.807) is 0 Å². The Kier molecular flexibility index (Phi) is 4.61. The fourth-order valence-electron chi connectivity index (χ4n) is 5.05. The molecule has 0 aliphatic carbocycles. The van der Waals surface area contributed by atoms with Crippen molar-refractivity contribution in [1.29, 1.82) is 0 Å². The molecule has 0 bridgehead atoms. The van der Waals surface area contributed by atoms with Crippen molar-refractivity contribution in [3.05, 3.63) is 108 Å². The lowest BCUT2D eigenvalue weighted by Crippen LogP contribution is -2.23. The summed E-state index contributed by atoms with van der Waals surface area (Å²) in [6.07, 6.45) is 5.65. The maximum atomic E-state index is 13.0. The van der Waals surface area contributed by atoms with Crippen LogP contribution in [0.4, 0.5) is 0 Å². The van der Waals surface area contributed by atoms with E-state index in [9.17, 15) is 9.59 Å². The lowest BCUT2D eigenvalue weighted by Gasteiger charge is -2.18. The minimum atomic E-state index is -0.621. The predicted molar refractivity (Wildman–Crippen MR) is 129 cm³/mol. The number of aromatic nitrogens is 2. The molecule has 1 aliphatic heterocycles. The molecule has 1 saturated heterocycles. The summed E-state index contributed by atoms with van der Waals surface area (Å²) in [6, 6.07) is 26.1. The Bertz CT molecular complexity index is 1500. The highest BCUT2D eigenvalue weighted by Crippen LogP contribution is 2.39. The van der Waals surface area contributed by atoms with Crippen molar-refractivity contribution in [1.82, 2.24) is 14.9 Å². The molecule has 2 aromatic heterocycles. The smallest absolute Gasteiger partial charge is 0.250 e. The number of imide groups is 1. The Balaban J connectivity index is 1.39. The fourth-order valence-corrected chi connectivity index (χ4v) is 5.05. The molecule has 2 N–H and O–H groups in total. The van der Waals surface area contributed by atoms with Gasteiger partial charge in [-0.3, -0.25) is 14.9 Å². The van der Waals surface area contributed by atoms with E-state index >= 15 is 0 Å². The summed E-state index contributed by atoms with van der Waals surface area (Å²) >= 11 is 0. The number of nitrogens with zero attached hydrogens (tertiary/aromatic N) is 1. The second-order valence-electron chi connectivity index (χ2n) is 8.67. The third-order valence-corrected chi connectivity index (χ3v) is 6.70. The average molecular weight is 434 g/mol. The van der Waals surface area contributed by atoms with E-state index in [0.717, 1.165) is 40.2 Å². The second kappa shape index (κ2) is 7.78. The average Bonchev–Trinajstić information content (AvgIpc) is 3.52. The predicted octanol–water partition coefficient (Wildman–Crippen LogP) is 4.89. The minimum absolute atomic E-state index is 0.252. The van der Waals surface area contributed by atoms with Gasteiger partial charge in [-0.05, 0) is 59.2 Å². The molecule has 3 aromatic carbocycles. The summed E-state index contributed by atoms with van der Waals surface area (Å²) in [5.74, 6) is -1.11. The number of aromatic amines is 1. The maximum absolute atomic E-state index is 13.0. The van der Waals surface area contributed by atoms with Crippen LogP contribution >= 0.6 is 0 Å². The number of aryl methyl sites for hydroxylation is 2. The highest BCUT2D eigenvalue weighted by molar-refractivity contribution is 6.10. The van der Waals surface area contributed by atoms with E-state index in [0.29, 0.717) is 0 Å². The van der Waals surface area contributed by atoms with Crippen LogP contribution in [0.15, 0.2) is 91.3 Å². The highest BCUT2D eigenvalue weighted by Gasteiger charge is 2.45. The lowest BCUT2D eigenvalue weighted by atomic mass is 9.91. The van der Waals surface area contributed by atoms with Gasteiger partial charge in [0.05, 0.1) is 5.92 Å². The molecule has 5 nitrogen and oxygen atoms in total. The van der Waals surface area contributed by atoms with Crippen LogP contribution in [0.25, 0.3) is 21.8 Å². The van der Waals surface area contributed by atoms with E-state index in [1.165, 1.54) is 11.1 Å². The van der Waals surface area contributed by atoms with Crippen molar-refractivity contribution in [3.63, 3.8) is 0 Å². The molecule has 0 radical (unpaired) electrons. The van der Waals surface area contributed by atoms with Crippen molar-refractivity contribution in [2.24, 2.45) is 0 Å². The number of hydrogen-bond donors (Lipinski definition) is 2. The van der Waals surface area contributed by atoms with Gasteiger partial charge in [0.2, 0.25) is 5.91 Å². The van der Waals surface area contributed by atoms with Crippen LogP contribution in [0, 0.1) is 0 Å². The first kappa shape index (κ1) is 19.6. The number of nitrogens with one attached hydrogen (secondary N) is 2. The fraction of sp³-hybridized carbons (Fsp3) is 0.143. The molecule has 1 aliphatic rings. The van der Waals surface area contributed by atoms with Crippen molar-refractivity contribution in [3.8, 4) is 0 Å². The zero-order chi connectivity index (χ0) is 22.4. The quantitative estimate of drug-likeness (QED) is 0.388. The summed E-state index contributed by atoms with van der Waals surface area (Å²) in [5.41, 5.74) is 5.28. The number of benzene rings is 3. The first-order valence-corrected chi connectivity index (χ1v) is 11.2. The largest absolute Gasteiger partial charge is 0.361 e. The molecule has 162 valence electrons. The summed E-state index contributed by atoms with van der Waals surface area (Å²) in [4.78, 5) is 29.2. The zero-order valence-electron chi connectivity index (χ0n) is 18.0. The van der Waals surface area contributed by atoms with E-state index in [1.807, 2.05) is 53.4 Å². The molecule has 33 heavy (non-hydrogen) atoms. The van der Waals surface area contributed by atoms with Crippen molar-refractivity contribution in [2.45, 2.75) is 24.8 Å². The summed E-state index contributed by atoms with van der Waals surface area (Å²) in [5, 5.41) is 4.62. The van der Waals surface area contributed by atoms with Gasteiger partial charge < -0.3 is 9.55 Å². The van der Waals surface area contributed by atoms with Crippen molar-refractivity contribution in [2.75, 3.05) is 0 Å². The monoisotopic (exact) mass is 433 g/mol. The second-order valence-corrected chi connectivity index (χ2v) is 8.67. The normalized spacial score (nSPS) is 18.3. The molecule has 0 saturated carbocycles. The molecule has 6 rings (SSSR count). The third kappa shape index (κ3) is 3.33. The number of amides is 2. The summed E-state index contributed by atoms with van der Waals surface area (Å²) in [7, 11) is 0. The van der Waals surface area contributed by atoms with Gasteiger partial charge in [0, 0.05) is 28.8 Å².